The van der Waals surface area contributed by atoms with Crippen molar-refractivity contribution in [3.63, 3.8) is 0 Å². The third-order valence-electron chi connectivity index (χ3n) is 2.12. The fourth-order valence-electron chi connectivity index (χ4n) is 1.37. The Morgan fingerprint density at radius 1 is 1.56 bits per heavy atom. The van der Waals surface area contributed by atoms with Crippen LogP contribution in [-0.2, 0) is 6.54 Å². The smallest absolute Gasteiger partial charge is 0.181 e. The first-order valence-corrected chi connectivity index (χ1v) is 6.87. The fourth-order valence-corrected chi connectivity index (χ4v) is 3.39. The summed E-state index contributed by atoms with van der Waals surface area (Å²) in [5, 5.41) is 0.662. The quantitative estimate of drug-likeness (QED) is 0.657. The van der Waals surface area contributed by atoms with Gasteiger partial charge in [-0.1, -0.05) is 11.3 Å². The Morgan fingerprint density at radius 2 is 2.44 bits per heavy atom. The Hall–Kier alpha value is -1.01. The van der Waals surface area contributed by atoms with Gasteiger partial charge in [-0.25, -0.2) is 9.97 Å². The zero-order valence-corrected chi connectivity index (χ0v) is 10.7. The highest BCUT2D eigenvalue weighted by atomic mass is 32.2. The highest BCUT2D eigenvalue weighted by Crippen LogP contribution is 2.30. The summed E-state index contributed by atoms with van der Waals surface area (Å²) >= 11 is 3.40. The van der Waals surface area contributed by atoms with E-state index in [0.717, 1.165) is 24.4 Å². The molecule has 2 aromatic rings. The van der Waals surface area contributed by atoms with E-state index in [0.29, 0.717) is 5.13 Å². The Kier molecular flexibility index (Phi) is 3.84. The maximum absolute atomic E-state index is 5.64. The highest BCUT2D eigenvalue weighted by Gasteiger charge is 2.05. The van der Waals surface area contributed by atoms with E-state index in [-0.39, 0.29) is 0 Å². The van der Waals surface area contributed by atoms with Gasteiger partial charge >= 0.3 is 0 Å². The van der Waals surface area contributed by atoms with Gasteiger partial charge in [-0.3, -0.25) is 0 Å². The standard InChI is InChI=1S/C10H14N4S2/c1-8-9(16-10(11)13-8)15-6-2-4-14-5-3-12-7-14/h3,5,7H,2,4,6H2,1H3,(H2,11,13). The summed E-state index contributed by atoms with van der Waals surface area (Å²) in [6, 6.07) is 0. The topological polar surface area (TPSA) is 56.7 Å². The lowest BCUT2D eigenvalue weighted by atomic mass is 10.5. The molecule has 0 aliphatic rings. The molecule has 0 amide bonds. The monoisotopic (exact) mass is 254 g/mol. The number of thiazole rings is 1. The van der Waals surface area contributed by atoms with Crippen LogP contribution in [0.2, 0.25) is 0 Å². The van der Waals surface area contributed by atoms with Crippen molar-refractivity contribution >= 4 is 28.2 Å². The molecule has 0 saturated heterocycles. The van der Waals surface area contributed by atoms with E-state index in [1.54, 1.807) is 17.5 Å². The second-order valence-corrected chi connectivity index (χ2v) is 5.82. The third-order valence-corrected chi connectivity index (χ3v) is 4.56. The van der Waals surface area contributed by atoms with Crippen LogP contribution in [0.15, 0.2) is 22.9 Å². The van der Waals surface area contributed by atoms with Crippen LogP contribution in [0.4, 0.5) is 5.13 Å². The number of imidazole rings is 1. The summed E-state index contributed by atoms with van der Waals surface area (Å²) in [6.45, 7) is 3.02. The van der Waals surface area contributed by atoms with Crippen molar-refractivity contribution in [2.45, 2.75) is 24.1 Å². The number of hydrogen-bond donors (Lipinski definition) is 1. The van der Waals surface area contributed by atoms with Gasteiger partial charge in [-0.05, 0) is 13.3 Å². The molecule has 0 radical (unpaired) electrons. The molecule has 2 N–H and O–H groups in total. The van der Waals surface area contributed by atoms with Crippen molar-refractivity contribution in [1.29, 1.82) is 0 Å². The van der Waals surface area contributed by atoms with Gasteiger partial charge in [0.25, 0.3) is 0 Å². The zero-order chi connectivity index (χ0) is 11.4. The number of hydrogen-bond acceptors (Lipinski definition) is 5. The van der Waals surface area contributed by atoms with Crippen LogP contribution in [-0.4, -0.2) is 20.3 Å². The fraction of sp³-hybridized carbons (Fsp3) is 0.400. The number of anilines is 1. The number of aryl methyl sites for hydroxylation is 2. The largest absolute Gasteiger partial charge is 0.375 e. The molecule has 0 spiro atoms. The summed E-state index contributed by atoms with van der Waals surface area (Å²) in [4.78, 5) is 8.21. The minimum atomic E-state index is 0.662. The van der Waals surface area contributed by atoms with Crippen LogP contribution in [0, 0.1) is 6.92 Å². The maximum Gasteiger partial charge on any atom is 0.181 e. The van der Waals surface area contributed by atoms with Crippen molar-refractivity contribution in [2.24, 2.45) is 0 Å². The number of nitrogen functional groups attached to an aromatic ring is 1. The van der Waals surface area contributed by atoms with E-state index < -0.39 is 0 Å². The van der Waals surface area contributed by atoms with Crippen LogP contribution in [0.25, 0.3) is 0 Å². The molecule has 2 rings (SSSR count). The predicted molar refractivity (Wildman–Crippen MR) is 68.8 cm³/mol. The van der Waals surface area contributed by atoms with E-state index in [1.807, 2.05) is 31.2 Å². The van der Waals surface area contributed by atoms with Gasteiger partial charge in [-0.15, -0.1) is 11.8 Å². The Balaban J connectivity index is 1.74. The van der Waals surface area contributed by atoms with Gasteiger partial charge in [0.1, 0.15) is 0 Å². The number of rotatable bonds is 5. The molecule has 0 atom stereocenters. The number of nitrogens with zero attached hydrogens (tertiary/aromatic N) is 3. The first-order chi connectivity index (χ1) is 7.75. The van der Waals surface area contributed by atoms with Gasteiger partial charge in [0.15, 0.2) is 5.13 Å². The van der Waals surface area contributed by atoms with Crippen molar-refractivity contribution in [3.8, 4) is 0 Å². The van der Waals surface area contributed by atoms with Gasteiger partial charge in [0.2, 0.25) is 0 Å². The van der Waals surface area contributed by atoms with E-state index in [2.05, 4.69) is 14.5 Å². The molecule has 0 bridgehead atoms. The van der Waals surface area contributed by atoms with Gasteiger partial charge in [0.05, 0.1) is 16.2 Å². The highest BCUT2D eigenvalue weighted by molar-refractivity contribution is 8.01. The molecule has 0 aromatic carbocycles. The first kappa shape index (κ1) is 11.5. The summed E-state index contributed by atoms with van der Waals surface area (Å²) in [5.41, 5.74) is 6.69. The molecule has 2 aromatic heterocycles. The molecule has 16 heavy (non-hydrogen) atoms. The molecule has 0 saturated carbocycles. The minimum absolute atomic E-state index is 0.662. The molecule has 0 aliphatic carbocycles. The molecule has 0 fully saturated rings. The molecule has 4 nitrogen and oxygen atoms in total. The average molecular weight is 254 g/mol. The number of nitrogens with two attached hydrogens (primary N) is 1. The molecule has 2 heterocycles. The van der Waals surface area contributed by atoms with Gasteiger partial charge in [-0.2, -0.15) is 0 Å². The first-order valence-electron chi connectivity index (χ1n) is 5.07. The van der Waals surface area contributed by atoms with Crippen LogP contribution in [0.5, 0.6) is 0 Å². The van der Waals surface area contributed by atoms with Crippen molar-refractivity contribution in [2.75, 3.05) is 11.5 Å². The second-order valence-electron chi connectivity index (χ2n) is 3.43. The molecule has 0 unspecified atom stereocenters. The van der Waals surface area contributed by atoms with Crippen LogP contribution >= 0.6 is 23.1 Å². The van der Waals surface area contributed by atoms with E-state index >= 15 is 0 Å². The van der Waals surface area contributed by atoms with Gasteiger partial charge < -0.3 is 10.3 Å². The lowest BCUT2D eigenvalue weighted by Crippen LogP contribution is -1.95. The summed E-state index contributed by atoms with van der Waals surface area (Å²) in [6.07, 6.45) is 6.76. The Morgan fingerprint density at radius 3 is 3.06 bits per heavy atom. The normalized spacial score (nSPS) is 10.8. The molecular weight excluding hydrogens is 240 g/mol. The average Bonchev–Trinajstić information content (AvgIpc) is 2.84. The maximum atomic E-state index is 5.64. The minimum Gasteiger partial charge on any atom is -0.375 e. The van der Waals surface area contributed by atoms with Crippen LogP contribution < -0.4 is 5.73 Å². The number of thioether (sulfide) groups is 1. The van der Waals surface area contributed by atoms with Gasteiger partial charge in [0, 0.05) is 24.7 Å². The lowest BCUT2D eigenvalue weighted by molar-refractivity contribution is 0.683. The summed E-state index contributed by atoms with van der Waals surface area (Å²) < 4.78 is 3.33. The van der Waals surface area contributed by atoms with Crippen molar-refractivity contribution in [1.82, 2.24) is 14.5 Å². The summed E-state index contributed by atoms with van der Waals surface area (Å²) in [5.74, 6) is 1.08. The van der Waals surface area contributed by atoms with Crippen molar-refractivity contribution < 1.29 is 0 Å². The number of aromatic nitrogens is 3. The zero-order valence-electron chi connectivity index (χ0n) is 9.09. The van der Waals surface area contributed by atoms with E-state index in [4.69, 9.17) is 5.73 Å². The predicted octanol–water partition coefficient (Wildman–Crippen LogP) is 2.41. The third kappa shape index (κ3) is 2.99. The molecule has 0 aliphatic heterocycles. The van der Waals surface area contributed by atoms with Crippen LogP contribution in [0.1, 0.15) is 12.1 Å². The lowest BCUT2D eigenvalue weighted by Gasteiger charge is -2.01. The molecule has 86 valence electrons. The Bertz CT molecular complexity index is 436. The Labute approximate surface area is 103 Å². The summed E-state index contributed by atoms with van der Waals surface area (Å²) in [7, 11) is 0. The second kappa shape index (κ2) is 5.36. The SMILES string of the molecule is Cc1nc(N)sc1SCCCn1ccnc1. The molecule has 6 heteroatoms. The van der Waals surface area contributed by atoms with Crippen molar-refractivity contribution in [3.05, 3.63) is 24.4 Å². The molecular formula is C10H14N4S2. The van der Waals surface area contributed by atoms with Crippen LogP contribution in [0.3, 0.4) is 0 Å². The van der Waals surface area contributed by atoms with E-state index in [1.165, 1.54) is 4.21 Å². The van der Waals surface area contributed by atoms with E-state index in [9.17, 15) is 0 Å².